The van der Waals surface area contributed by atoms with Gasteiger partial charge in [0.15, 0.2) is 0 Å². The molecule has 4 nitrogen and oxygen atoms in total. The molecule has 0 saturated carbocycles. The fourth-order valence-corrected chi connectivity index (χ4v) is 3.32. The van der Waals surface area contributed by atoms with E-state index in [-0.39, 0.29) is 10.6 Å². The van der Waals surface area contributed by atoms with Crippen LogP contribution in [0.3, 0.4) is 0 Å². The number of ether oxygens (including phenoxy) is 1. The number of hydrogen-bond donors (Lipinski definition) is 1. The lowest BCUT2D eigenvalue weighted by Crippen LogP contribution is -2.02. The first-order chi connectivity index (χ1) is 12.0. The van der Waals surface area contributed by atoms with Crippen LogP contribution < -0.4 is 4.74 Å². The van der Waals surface area contributed by atoms with Crippen LogP contribution in [0.4, 0.5) is 0 Å². The van der Waals surface area contributed by atoms with Gasteiger partial charge in [-0.2, -0.15) is 8.42 Å². The molecule has 1 N–H and O–H groups in total. The van der Waals surface area contributed by atoms with Crippen LogP contribution in [0.5, 0.6) is 11.5 Å². The third kappa shape index (κ3) is 6.52. The molecule has 0 aromatic heterocycles. The van der Waals surface area contributed by atoms with Gasteiger partial charge in [-0.15, -0.1) is 0 Å². The highest BCUT2D eigenvalue weighted by atomic mass is 32.2. The molecule has 0 amide bonds. The number of benzene rings is 2. The smallest absolute Gasteiger partial charge is 0.298 e. The Balaban J connectivity index is 2.09. The number of rotatable bonds is 10. The number of unbranched alkanes of at least 4 members (excludes halogenated alkanes) is 5. The molecule has 0 heterocycles. The Hall–Kier alpha value is -1.85. The molecule has 136 valence electrons. The van der Waals surface area contributed by atoms with E-state index in [1.807, 2.05) is 18.2 Å². The summed E-state index contributed by atoms with van der Waals surface area (Å²) in [5.74, 6) is 0.696. The van der Waals surface area contributed by atoms with Gasteiger partial charge in [-0.3, -0.25) is 4.55 Å². The predicted octanol–water partition coefficient (Wildman–Crippen LogP) is 5.63. The summed E-state index contributed by atoms with van der Waals surface area (Å²) in [6, 6.07) is 13.8. The summed E-state index contributed by atoms with van der Waals surface area (Å²) in [5.41, 5.74) is 1.01. The van der Waals surface area contributed by atoms with E-state index in [1.54, 1.807) is 24.3 Å². The first kappa shape index (κ1) is 19.5. The Bertz CT molecular complexity index is 755. The van der Waals surface area contributed by atoms with Gasteiger partial charge >= 0.3 is 0 Å². The average molecular weight is 362 g/mol. The van der Waals surface area contributed by atoms with Crippen LogP contribution in [0.15, 0.2) is 53.4 Å². The van der Waals surface area contributed by atoms with Gasteiger partial charge in [-0.1, -0.05) is 63.3 Å². The molecule has 0 aliphatic rings. The van der Waals surface area contributed by atoms with Gasteiger partial charge in [0.2, 0.25) is 0 Å². The highest BCUT2D eigenvalue weighted by Gasteiger charge is 2.18. The van der Waals surface area contributed by atoms with Crippen LogP contribution in [-0.2, 0) is 16.5 Å². The van der Waals surface area contributed by atoms with E-state index in [1.165, 1.54) is 31.7 Å². The molecule has 2 aromatic rings. The van der Waals surface area contributed by atoms with Crippen LogP contribution in [0, 0.1) is 0 Å². The molecule has 2 rings (SSSR count). The first-order valence-corrected chi connectivity index (χ1v) is 10.3. The fourth-order valence-electron chi connectivity index (χ4n) is 2.73. The Kier molecular flexibility index (Phi) is 7.47. The number of hydrogen-bond acceptors (Lipinski definition) is 3. The zero-order valence-electron chi connectivity index (χ0n) is 14.6. The van der Waals surface area contributed by atoms with Crippen molar-refractivity contribution in [1.82, 2.24) is 0 Å². The van der Waals surface area contributed by atoms with Crippen molar-refractivity contribution in [3.63, 3.8) is 0 Å². The van der Waals surface area contributed by atoms with Crippen molar-refractivity contribution in [1.29, 1.82) is 0 Å². The molecule has 2 aromatic carbocycles. The molecular weight excluding hydrogens is 336 g/mol. The third-order valence-electron chi connectivity index (χ3n) is 4.08. The molecule has 25 heavy (non-hydrogen) atoms. The second kappa shape index (κ2) is 9.59. The largest absolute Gasteiger partial charge is 0.456 e. The molecular formula is C20H26O4S. The van der Waals surface area contributed by atoms with E-state index < -0.39 is 10.1 Å². The zero-order valence-corrected chi connectivity index (χ0v) is 15.5. The van der Waals surface area contributed by atoms with Crippen molar-refractivity contribution in [2.24, 2.45) is 0 Å². The number of aryl methyl sites for hydroxylation is 1. The van der Waals surface area contributed by atoms with E-state index in [0.717, 1.165) is 24.8 Å². The fraction of sp³-hybridized carbons (Fsp3) is 0.400. The van der Waals surface area contributed by atoms with Crippen molar-refractivity contribution >= 4 is 10.1 Å². The van der Waals surface area contributed by atoms with Gasteiger partial charge in [0.05, 0.1) is 0 Å². The summed E-state index contributed by atoms with van der Waals surface area (Å²) in [4.78, 5) is -0.206. The van der Waals surface area contributed by atoms with Crippen LogP contribution in [-0.4, -0.2) is 13.0 Å². The monoisotopic (exact) mass is 362 g/mol. The molecule has 0 bridgehead atoms. The normalized spacial score (nSPS) is 11.4. The van der Waals surface area contributed by atoms with Gasteiger partial charge < -0.3 is 4.74 Å². The summed E-state index contributed by atoms with van der Waals surface area (Å²) >= 11 is 0. The molecule has 0 aliphatic carbocycles. The SMILES string of the molecule is CCCCCCCCc1ccc(S(=O)(=O)O)c(Oc2ccccc2)c1. The van der Waals surface area contributed by atoms with E-state index in [4.69, 9.17) is 4.74 Å². The zero-order chi connectivity index (χ0) is 18.1. The van der Waals surface area contributed by atoms with Gasteiger partial charge in [0.1, 0.15) is 16.4 Å². The van der Waals surface area contributed by atoms with Crippen LogP contribution in [0.25, 0.3) is 0 Å². The molecule has 0 atom stereocenters. The highest BCUT2D eigenvalue weighted by molar-refractivity contribution is 7.86. The molecule has 0 saturated heterocycles. The van der Waals surface area contributed by atoms with Crippen LogP contribution in [0.2, 0.25) is 0 Å². The summed E-state index contributed by atoms with van der Waals surface area (Å²) in [6.45, 7) is 2.20. The van der Waals surface area contributed by atoms with Crippen molar-refractivity contribution < 1.29 is 17.7 Å². The molecule has 5 heteroatoms. The lowest BCUT2D eigenvalue weighted by molar-refractivity contribution is 0.449. The first-order valence-electron chi connectivity index (χ1n) is 8.84. The Morgan fingerprint density at radius 2 is 1.60 bits per heavy atom. The number of para-hydroxylation sites is 1. The predicted molar refractivity (Wildman–Crippen MR) is 99.9 cm³/mol. The maximum absolute atomic E-state index is 11.6. The minimum Gasteiger partial charge on any atom is -0.456 e. The lowest BCUT2D eigenvalue weighted by Gasteiger charge is -2.11. The third-order valence-corrected chi connectivity index (χ3v) is 4.97. The Morgan fingerprint density at radius 1 is 0.920 bits per heavy atom. The van der Waals surface area contributed by atoms with E-state index in [9.17, 15) is 13.0 Å². The Labute approximate surface area is 150 Å². The summed E-state index contributed by atoms with van der Waals surface area (Å²) < 4.78 is 38.3. The second-order valence-corrected chi connectivity index (χ2v) is 7.58. The van der Waals surface area contributed by atoms with Crippen molar-refractivity contribution in [2.45, 2.75) is 56.8 Å². The van der Waals surface area contributed by atoms with Crippen molar-refractivity contribution in [2.75, 3.05) is 0 Å². The van der Waals surface area contributed by atoms with Crippen molar-refractivity contribution in [3.8, 4) is 11.5 Å². The van der Waals surface area contributed by atoms with E-state index >= 15 is 0 Å². The lowest BCUT2D eigenvalue weighted by atomic mass is 10.0. The molecule has 0 unspecified atom stereocenters. The van der Waals surface area contributed by atoms with Crippen molar-refractivity contribution in [3.05, 3.63) is 54.1 Å². The van der Waals surface area contributed by atoms with E-state index in [0.29, 0.717) is 5.75 Å². The summed E-state index contributed by atoms with van der Waals surface area (Å²) in [6.07, 6.45) is 8.08. The second-order valence-electron chi connectivity index (χ2n) is 6.19. The quantitative estimate of drug-likeness (QED) is 0.439. The topological polar surface area (TPSA) is 63.6 Å². The van der Waals surface area contributed by atoms with Crippen LogP contribution >= 0.6 is 0 Å². The van der Waals surface area contributed by atoms with E-state index in [2.05, 4.69) is 6.92 Å². The highest BCUT2D eigenvalue weighted by Crippen LogP contribution is 2.30. The summed E-state index contributed by atoms with van der Waals surface area (Å²) in [5, 5.41) is 0. The maximum atomic E-state index is 11.6. The van der Waals surface area contributed by atoms with Gasteiger partial charge in [-0.25, -0.2) is 0 Å². The molecule has 0 fully saturated rings. The van der Waals surface area contributed by atoms with Crippen LogP contribution in [0.1, 0.15) is 51.0 Å². The minimum absolute atomic E-state index is 0.164. The molecule has 0 radical (unpaired) electrons. The summed E-state index contributed by atoms with van der Waals surface area (Å²) in [7, 11) is -4.33. The van der Waals surface area contributed by atoms with Gasteiger partial charge in [-0.05, 0) is 42.7 Å². The molecule has 0 spiro atoms. The van der Waals surface area contributed by atoms with Gasteiger partial charge in [0.25, 0.3) is 10.1 Å². The Morgan fingerprint density at radius 3 is 2.28 bits per heavy atom. The average Bonchev–Trinajstić information content (AvgIpc) is 2.58. The minimum atomic E-state index is -4.33. The van der Waals surface area contributed by atoms with Gasteiger partial charge in [0, 0.05) is 0 Å². The molecule has 0 aliphatic heterocycles. The standard InChI is InChI=1S/C20H26O4S/c1-2-3-4-5-6-8-11-17-14-15-20(25(21,22)23)19(16-17)24-18-12-9-7-10-13-18/h7,9-10,12-16H,2-6,8,11H2,1H3,(H,21,22,23). The maximum Gasteiger partial charge on any atom is 0.298 e.